The molecule has 132 valence electrons. The molecular weight excluding hydrogens is 324 g/mol. The molecule has 0 atom stereocenters. The molecule has 0 spiro atoms. The Bertz CT molecular complexity index is 777. The van der Waals surface area contributed by atoms with Crippen LogP contribution < -0.4 is 4.72 Å². The van der Waals surface area contributed by atoms with E-state index >= 15 is 0 Å². The lowest BCUT2D eigenvalue weighted by atomic mass is 10.1. The molecule has 0 bridgehead atoms. The Hall–Kier alpha value is -1.41. The molecule has 1 aliphatic heterocycles. The summed E-state index contributed by atoms with van der Waals surface area (Å²) in [5, 5.41) is 1.28. The van der Waals surface area contributed by atoms with Gasteiger partial charge in [-0.2, -0.15) is 17.4 Å². The third-order valence-corrected chi connectivity index (χ3v) is 6.24. The molecule has 2 N–H and O–H groups in total. The summed E-state index contributed by atoms with van der Waals surface area (Å²) in [6, 6.07) is 8.25. The summed E-state index contributed by atoms with van der Waals surface area (Å²) in [5.41, 5.74) is 2.49. The van der Waals surface area contributed by atoms with Crippen LogP contribution in [0.1, 0.15) is 19.4 Å². The Morgan fingerprint density at radius 1 is 1.17 bits per heavy atom. The highest BCUT2D eigenvalue weighted by atomic mass is 32.2. The average molecular weight is 350 g/mol. The minimum atomic E-state index is -3.34. The molecular formula is C17H26N4O2S. The third-order valence-electron chi connectivity index (χ3n) is 4.43. The average Bonchev–Trinajstić information content (AvgIpc) is 2.95. The SMILES string of the molecule is CC(C)NS(=O)(=O)N1CCN(CCc2c[nH]c3ccccc23)CC1. The van der Waals surface area contributed by atoms with E-state index in [0.717, 1.165) is 26.1 Å². The minimum absolute atomic E-state index is 0.0742. The quantitative estimate of drug-likeness (QED) is 0.831. The van der Waals surface area contributed by atoms with Crippen LogP contribution in [-0.2, 0) is 16.6 Å². The van der Waals surface area contributed by atoms with E-state index < -0.39 is 10.2 Å². The molecule has 0 amide bonds. The number of aromatic nitrogens is 1. The number of nitrogens with zero attached hydrogens (tertiary/aromatic N) is 2. The summed E-state index contributed by atoms with van der Waals surface area (Å²) in [6.45, 7) is 7.30. The van der Waals surface area contributed by atoms with Gasteiger partial charge in [0.05, 0.1) is 0 Å². The maximum absolute atomic E-state index is 12.2. The fourth-order valence-electron chi connectivity index (χ4n) is 3.18. The van der Waals surface area contributed by atoms with E-state index in [1.165, 1.54) is 16.5 Å². The highest BCUT2D eigenvalue weighted by Gasteiger charge is 2.27. The Morgan fingerprint density at radius 2 is 1.88 bits per heavy atom. The fraction of sp³-hybridized carbons (Fsp3) is 0.529. The molecule has 1 aliphatic rings. The molecule has 2 aromatic rings. The zero-order chi connectivity index (χ0) is 17.2. The van der Waals surface area contributed by atoms with E-state index in [1.807, 2.05) is 19.9 Å². The number of fused-ring (bicyclic) bond motifs is 1. The number of benzene rings is 1. The van der Waals surface area contributed by atoms with E-state index in [2.05, 4.69) is 39.0 Å². The number of aromatic amines is 1. The van der Waals surface area contributed by atoms with Crippen molar-refractivity contribution in [3.8, 4) is 0 Å². The lowest BCUT2D eigenvalue weighted by Crippen LogP contribution is -2.53. The zero-order valence-electron chi connectivity index (χ0n) is 14.3. The number of hydrogen-bond acceptors (Lipinski definition) is 3. The molecule has 0 unspecified atom stereocenters. The van der Waals surface area contributed by atoms with Crippen LogP contribution in [0.2, 0.25) is 0 Å². The lowest BCUT2D eigenvalue weighted by molar-refractivity contribution is 0.189. The molecule has 7 heteroatoms. The summed E-state index contributed by atoms with van der Waals surface area (Å²) >= 11 is 0. The van der Waals surface area contributed by atoms with Crippen molar-refractivity contribution in [2.45, 2.75) is 26.3 Å². The van der Waals surface area contributed by atoms with Crippen molar-refractivity contribution in [1.29, 1.82) is 0 Å². The highest BCUT2D eigenvalue weighted by Crippen LogP contribution is 2.18. The summed E-state index contributed by atoms with van der Waals surface area (Å²) < 4.78 is 28.6. The zero-order valence-corrected chi connectivity index (χ0v) is 15.1. The molecule has 24 heavy (non-hydrogen) atoms. The van der Waals surface area contributed by atoms with Crippen LogP contribution in [0.3, 0.4) is 0 Å². The Morgan fingerprint density at radius 3 is 2.58 bits per heavy atom. The molecule has 0 saturated carbocycles. The van der Waals surface area contributed by atoms with Crippen LogP contribution in [0.5, 0.6) is 0 Å². The highest BCUT2D eigenvalue weighted by molar-refractivity contribution is 7.87. The van der Waals surface area contributed by atoms with Gasteiger partial charge in [0.15, 0.2) is 0 Å². The van der Waals surface area contributed by atoms with Crippen LogP contribution >= 0.6 is 0 Å². The van der Waals surface area contributed by atoms with Gasteiger partial charge in [0.25, 0.3) is 10.2 Å². The first-order valence-corrected chi connectivity index (χ1v) is 9.94. The number of hydrogen-bond donors (Lipinski definition) is 2. The fourth-order valence-corrected chi connectivity index (χ4v) is 4.57. The maximum atomic E-state index is 12.2. The van der Waals surface area contributed by atoms with E-state index in [-0.39, 0.29) is 6.04 Å². The van der Waals surface area contributed by atoms with Gasteiger partial charge in [-0.25, -0.2) is 0 Å². The normalized spacial score (nSPS) is 17.8. The molecule has 1 aromatic carbocycles. The van der Waals surface area contributed by atoms with Gasteiger partial charge >= 0.3 is 0 Å². The topological polar surface area (TPSA) is 68.4 Å². The monoisotopic (exact) mass is 350 g/mol. The van der Waals surface area contributed by atoms with Crippen molar-refractivity contribution in [2.24, 2.45) is 0 Å². The van der Waals surface area contributed by atoms with Gasteiger partial charge in [0.1, 0.15) is 0 Å². The van der Waals surface area contributed by atoms with E-state index in [9.17, 15) is 8.42 Å². The van der Waals surface area contributed by atoms with Crippen LogP contribution in [0.15, 0.2) is 30.5 Å². The molecule has 0 aliphatic carbocycles. The summed E-state index contributed by atoms with van der Waals surface area (Å²) in [7, 11) is -3.34. The van der Waals surface area contributed by atoms with E-state index in [0.29, 0.717) is 13.1 Å². The second-order valence-corrected chi connectivity index (χ2v) is 8.33. The number of rotatable bonds is 6. The first kappa shape index (κ1) is 17.4. The van der Waals surface area contributed by atoms with Gasteiger partial charge < -0.3 is 9.88 Å². The Labute approximate surface area is 144 Å². The number of para-hydroxylation sites is 1. The van der Waals surface area contributed by atoms with Crippen LogP contribution in [0.25, 0.3) is 10.9 Å². The van der Waals surface area contributed by atoms with Crippen LogP contribution in [0.4, 0.5) is 0 Å². The van der Waals surface area contributed by atoms with Crippen molar-refractivity contribution in [3.05, 3.63) is 36.0 Å². The Balaban J connectivity index is 1.53. The summed E-state index contributed by atoms with van der Waals surface area (Å²) in [4.78, 5) is 5.64. The molecule has 0 radical (unpaired) electrons. The number of nitrogens with one attached hydrogen (secondary N) is 2. The van der Waals surface area contributed by atoms with Gasteiger partial charge in [-0.1, -0.05) is 18.2 Å². The smallest absolute Gasteiger partial charge is 0.279 e. The molecule has 1 aromatic heterocycles. The van der Waals surface area contributed by atoms with Crippen molar-refractivity contribution in [3.63, 3.8) is 0 Å². The summed E-state index contributed by atoms with van der Waals surface area (Å²) in [5.74, 6) is 0. The minimum Gasteiger partial charge on any atom is -0.361 e. The van der Waals surface area contributed by atoms with Crippen LogP contribution in [-0.4, -0.2) is 61.4 Å². The van der Waals surface area contributed by atoms with Gasteiger partial charge in [0.2, 0.25) is 0 Å². The van der Waals surface area contributed by atoms with Gasteiger partial charge in [-0.05, 0) is 31.9 Å². The standard InChI is InChI=1S/C17H26N4O2S/c1-14(2)19-24(22,23)21-11-9-20(10-12-21)8-7-15-13-18-17-6-4-3-5-16(15)17/h3-6,13-14,18-19H,7-12H2,1-2H3. The predicted octanol–water partition coefficient (Wildman–Crippen LogP) is 1.57. The number of piperazine rings is 1. The second-order valence-electron chi connectivity index (χ2n) is 6.63. The molecule has 1 fully saturated rings. The third kappa shape index (κ3) is 3.97. The van der Waals surface area contributed by atoms with Crippen molar-refractivity contribution >= 4 is 21.1 Å². The van der Waals surface area contributed by atoms with Crippen molar-refractivity contribution in [1.82, 2.24) is 18.9 Å². The first-order valence-electron chi connectivity index (χ1n) is 8.50. The van der Waals surface area contributed by atoms with Gasteiger partial charge in [0, 0.05) is 55.9 Å². The summed E-state index contributed by atoms with van der Waals surface area (Å²) in [6.07, 6.45) is 3.05. The predicted molar refractivity (Wildman–Crippen MR) is 97.2 cm³/mol. The first-order chi connectivity index (χ1) is 11.5. The molecule has 2 heterocycles. The van der Waals surface area contributed by atoms with Crippen molar-refractivity contribution < 1.29 is 8.42 Å². The number of H-pyrrole nitrogens is 1. The van der Waals surface area contributed by atoms with Gasteiger partial charge in [-0.15, -0.1) is 0 Å². The molecule has 6 nitrogen and oxygen atoms in total. The molecule has 3 rings (SSSR count). The van der Waals surface area contributed by atoms with E-state index in [1.54, 1.807) is 4.31 Å². The molecule has 1 saturated heterocycles. The van der Waals surface area contributed by atoms with Crippen LogP contribution in [0, 0.1) is 0 Å². The maximum Gasteiger partial charge on any atom is 0.279 e. The second kappa shape index (κ2) is 7.23. The lowest BCUT2D eigenvalue weighted by Gasteiger charge is -2.34. The largest absolute Gasteiger partial charge is 0.361 e. The van der Waals surface area contributed by atoms with Crippen molar-refractivity contribution in [2.75, 3.05) is 32.7 Å². The van der Waals surface area contributed by atoms with E-state index in [4.69, 9.17) is 0 Å². The van der Waals surface area contributed by atoms with Gasteiger partial charge in [-0.3, -0.25) is 0 Å². The Kier molecular flexibility index (Phi) is 5.24.